The number of hydrogen-bond donors (Lipinski definition) is 2. The van der Waals surface area contributed by atoms with Crippen molar-refractivity contribution >= 4 is 22.9 Å². The summed E-state index contributed by atoms with van der Waals surface area (Å²) in [6.07, 6.45) is 1.71. The van der Waals surface area contributed by atoms with Crippen LogP contribution < -0.4 is 5.32 Å². The van der Waals surface area contributed by atoms with Crippen molar-refractivity contribution < 1.29 is 9.59 Å². The molecule has 2 rings (SSSR count). The van der Waals surface area contributed by atoms with E-state index in [0.29, 0.717) is 25.3 Å². The molecule has 1 aromatic heterocycles. The van der Waals surface area contributed by atoms with Crippen LogP contribution in [0.25, 0.3) is 0 Å². The topological polar surface area (TPSA) is 91.0 Å². The van der Waals surface area contributed by atoms with E-state index in [0.717, 1.165) is 12.3 Å². The van der Waals surface area contributed by atoms with E-state index in [2.05, 4.69) is 20.5 Å². The maximum Gasteiger partial charge on any atom is 0.281 e. The van der Waals surface area contributed by atoms with Crippen LogP contribution in [0.5, 0.6) is 0 Å². The van der Waals surface area contributed by atoms with Gasteiger partial charge in [-0.15, -0.1) is 0 Å². The molecule has 0 radical (unpaired) electrons. The molecule has 0 atom stereocenters. The standard InChI is InChI=1S/C9H13N5O2S/c15-8(10-5-7-11-6-12-13-7)1-2-14-3-4-17-9(14)16/h6H,1-5H2,(H,10,15)(H,11,12,13). The highest BCUT2D eigenvalue weighted by atomic mass is 32.2. The monoisotopic (exact) mass is 255 g/mol. The summed E-state index contributed by atoms with van der Waals surface area (Å²) >= 11 is 1.30. The molecular weight excluding hydrogens is 242 g/mol. The first kappa shape index (κ1) is 11.9. The molecule has 7 nitrogen and oxygen atoms in total. The van der Waals surface area contributed by atoms with Gasteiger partial charge in [-0.05, 0) is 0 Å². The molecule has 1 aliphatic heterocycles. The molecule has 0 aliphatic carbocycles. The highest BCUT2D eigenvalue weighted by Crippen LogP contribution is 2.16. The zero-order chi connectivity index (χ0) is 12.1. The normalized spacial score (nSPS) is 15.3. The Balaban J connectivity index is 1.65. The van der Waals surface area contributed by atoms with Gasteiger partial charge in [0, 0.05) is 25.3 Å². The Morgan fingerprint density at radius 3 is 3.18 bits per heavy atom. The Hall–Kier alpha value is -1.57. The van der Waals surface area contributed by atoms with E-state index in [9.17, 15) is 9.59 Å². The first-order valence-corrected chi connectivity index (χ1v) is 6.27. The number of nitrogens with one attached hydrogen (secondary N) is 2. The third-order valence-electron chi connectivity index (χ3n) is 2.37. The number of rotatable bonds is 5. The molecule has 8 heteroatoms. The fourth-order valence-electron chi connectivity index (χ4n) is 1.45. The van der Waals surface area contributed by atoms with Crippen molar-refractivity contribution in [3.8, 4) is 0 Å². The molecule has 0 aromatic carbocycles. The summed E-state index contributed by atoms with van der Waals surface area (Å²) in [5.74, 6) is 1.34. The smallest absolute Gasteiger partial charge is 0.281 e. The lowest BCUT2D eigenvalue weighted by Crippen LogP contribution is -2.30. The van der Waals surface area contributed by atoms with Gasteiger partial charge in [-0.25, -0.2) is 4.98 Å². The second-order valence-electron chi connectivity index (χ2n) is 3.56. The number of nitrogens with zero attached hydrogens (tertiary/aromatic N) is 3. The minimum atomic E-state index is -0.0916. The van der Waals surface area contributed by atoms with Crippen LogP contribution in [-0.4, -0.2) is 50.1 Å². The average Bonchev–Trinajstić information content (AvgIpc) is 2.95. The molecule has 1 aromatic rings. The van der Waals surface area contributed by atoms with E-state index >= 15 is 0 Å². The molecule has 1 saturated heterocycles. The van der Waals surface area contributed by atoms with Crippen LogP contribution in [0.1, 0.15) is 12.2 Å². The zero-order valence-corrected chi connectivity index (χ0v) is 10.00. The lowest BCUT2D eigenvalue weighted by molar-refractivity contribution is -0.121. The summed E-state index contributed by atoms with van der Waals surface area (Å²) in [5.41, 5.74) is 0. The number of carbonyl (C=O) groups is 2. The average molecular weight is 255 g/mol. The number of hydrogen-bond acceptors (Lipinski definition) is 5. The second-order valence-corrected chi connectivity index (χ2v) is 4.61. The van der Waals surface area contributed by atoms with E-state index < -0.39 is 0 Å². The predicted molar refractivity (Wildman–Crippen MR) is 62.3 cm³/mol. The number of aromatic amines is 1. The van der Waals surface area contributed by atoms with Crippen LogP contribution in [-0.2, 0) is 11.3 Å². The van der Waals surface area contributed by atoms with Crippen LogP contribution in [0.4, 0.5) is 4.79 Å². The summed E-state index contributed by atoms with van der Waals surface area (Å²) < 4.78 is 0. The number of thioether (sulfide) groups is 1. The predicted octanol–water partition coefficient (Wildman–Crippen LogP) is -0.0202. The number of aromatic nitrogens is 3. The lowest BCUT2D eigenvalue weighted by atomic mass is 10.3. The Morgan fingerprint density at radius 2 is 2.53 bits per heavy atom. The first-order valence-electron chi connectivity index (χ1n) is 5.28. The summed E-state index contributed by atoms with van der Waals surface area (Å²) in [6, 6.07) is 0. The Labute approximate surface area is 102 Å². The van der Waals surface area contributed by atoms with Gasteiger partial charge in [0.1, 0.15) is 12.2 Å². The lowest BCUT2D eigenvalue weighted by Gasteiger charge is -2.13. The van der Waals surface area contributed by atoms with Crippen LogP contribution >= 0.6 is 11.8 Å². The highest BCUT2D eigenvalue weighted by Gasteiger charge is 2.21. The van der Waals surface area contributed by atoms with Crippen molar-refractivity contribution in [1.29, 1.82) is 0 Å². The number of H-pyrrole nitrogens is 1. The van der Waals surface area contributed by atoms with Gasteiger partial charge in [0.05, 0.1) is 6.54 Å². The fourth-order valence-corrected chi connectivity index (χ4v) is 2.30. The van der Waals surface area contributed by atoms with Gasteiger partial charge in [-0.1, -0.05) is 11.8 Å². The summed E-state index contributed by atoms with van der Waals surface area (Å²) in [7, 11) is 0. The second kappa shape index (κ2) is 5.67. The van der Waals surface area contributed by atoms with Gasteiger partial charge >= 0.3 is 0 Å². The molecule has 0 bridgehead atoms. The maximum atomic E-state index is 11.5. The van der Waals surface area contributed by atoms with Crippen molar-refractivity contribution in [1.82, 2.24) is 25.4 Å². The molecule has 2 heterocycles. The van der Waals surface area contributed by atoms with Crippen molar-refractivity contribution in [2.24, 2.45) is 0 Å². The molecule has 0 unspecified atom stereocenters. The van der Waals surface area contributed by atoms with Crippen LogP contribution in [0.15, 0.2) is 6.33 Å². The van der Waals surface area contributed by atoms with Gasteiger partial charge in [0.15, 0.2) is 0 Å². The molecule has 0 saturated carbocycles. The Morgan fingerprint density at radius 1 is 1.65 bits per heavy atom. The molecule has 2 amide bonds. The molecular formula is C9H13N5O2S. The van der Waals surface area contributed by atoms with Crippen molar-refractivity contribution in [2.75, 3.05) is 18.8 Å². The van der Waals surface area contributed by atoms with E-state index in [1.54, 1.807) is 4.90 Å². The zero-order valence-electron chi connectivity index (χ0n) is 9.18. The van der Waals surface area contributed by atoms with Crippen molar-refractivity contribution in [3.63, 3.8) is 0 Å². The van der Waals surface area contributed by atoms with Crippen molar-refractivity contribution in [3.05, 3.63) is 12.2 Å². The third-order valence-corrected chi connectivity index (χ3v) is 3.26. The van der Waals surface area contributed by atoms with Crippen LogP contribution in [0, 0.1) is 0 Å². The minimum absolute atomic E-state index is 0.0630. The summed E-state index contributed by atoms with van der Waals surface area (Å²) in [4.78, 5) is 28.3. The summed E-state index contributed by atoms with van der Waals surface area (Å²) in [6.45, 7) is 1.55. The van der Waals surface area contributed by atoms with E-state index in [1.165, 1.54) is 18.1 Å². The minimum Gasteiger partial charge on any atom is -0.349 e. The third kappa shape index (κ3) is 3.45. The largest absolute Gasteiger partial charge is 0.349 e. The van der Waals surface area contributed by atoms with Gasteiger partial charge in [-0.3, -0.25) is 14.7 Å². The van der Waals surface area contributed by atoms with E-state index in [4.69, 9.17) is 0 Å². The molecule has 92 valence electrons. The van der Waals surface area contributed by atoms with Crippen LogP contribution in [0.3, 0.4) is 0 Å². The SMILES string of the molecule is O=C(CCN1CCSC1=O)NCc1ncn[nH]1. The first-order chi connectivity index (χ1) is 8.25. The van der Waals surface area contributed by atoms with Crippen molar-refractivity contribution in [2.45, 2.75) is 13.0 Å². The Kier molecular flexibility index (Phi) is 3.97. The van der Waals surface area contributed by atoms with Gasteiger partial charge < -0.3 is 10.2 Å². The van der Waals surface area contributed by atoms with E-state index in [-0.39, 0.29) is 11.1 Å². The van der Waals surface area contributed by atoms with Gasteiger partial charge in [-0.2, -0.15) is 5.10 Å². The molecule has 2 N–H and O–H groups in total. The molecule has 17 heavy (non-hydrogen) atoms. The number of carbonyl (C=O) groups excluding carboxylic acids is 2. The number of amides is 2. The summed E-state index contributed by atoms with van der Waals surface area (Å²) in [5, 5.41) is 9.10. The maximum absolute atomic E-state index is 11.5. The fraction of sp³-hybridized carbons (Fsp3) is 0.556. The van der Waals surface area contributed by atoms with Crippen LogP contribution in [0.2, 0.25) is 0 Å². The Bertz CT molecular complexity index is 394. The molecule has 1 fully saturated rings. The molecule has 0 spiro atoms. The van der Waals surface area contributed by atoms with Gasteiger partial charge in [0.25, 0.3) is 5.24 Å². The van der Waals surface area contributed by atoms with E-state index in [1.807, 2.05) is 0 Å². The van der Waals surface area contributed by atoms with Gasteiger partial charge in [0.2, 0.25) is 5.91 Å². The quantitative estimate of drug-likeness (QED) is 0.771. The molecule has 1 aliphatic rings. The highest BCUT2D eigenvalue weighted by molar-refractivity contribution is 8.13.